The highest BCUT2D eigenvalue weighted by molar-refractivity contribution is 6.29. The average molecular weight is 230 g/mol. The average Bonchev–Trinajstić information content (AvgIpc) is 2.21. The minimum absolute atomic E-state index is 0.134. The van der Waals surface area contributed by atoms with Crippen molar-refractivity contribution in [2.45, 2.75) is 13.0 Å². The van der Waals surface area contributed by atoms with Crippen molar-refractivity contribution in [2.75, 3.05) is 12.3 Å². The van der Waals surface area contributed by atoms with Gasteiger partial charge in [-0.1, -0.05) is 11.6 Å². The van der Waals surface area contributed by atoms with E-state index in [-0.39, 0.29) is 35.0 Å². The molecular formula is C9H12ClN3O2. The number of nitrogens with zero attached hydrogens (tertiary/aromatic N) is 1. The van der Waals surface area contributed by atoms with Gasteiger partial charge in [0.1, 0.15) is 5.15 Å². The standard InChI is InChI=1S/C9H12ClN3O2/c1-5(4-14)13-9(15)6-2-8(10)12-3-7(6)11/h2-3,5,14H,4,11H2,1H3,(H,13,15). The Morgan fingerprint density at radius 3 is 3.07 bits per heavy atom. The van der Waals surface area contributed by atoms with Crippen molar-refractivity contribution in [3.63, 3.8) is 0 Å². The maximum Gasteiger partial charge on any atom is 0.253 e. The molecule has 15 heavy (non-hydrogen) atoms. The van der Waals surface area contributed by atoms with Crippen molar-refractivity contribution in [2.24, 2.45) is 0 Å². The molecule has 1 heterocycles. The van der Waals surface area contributed by atoms with Crippen LogP contribution in [0.3, 0.4) is 0 Å². The van der Waals surface area contributed by atoms with Crippen molar-refractivity contribution in [3.8, 4) is 0 Å². The molecule has 0 saturated carbocycles. The normalized spacial score (nSPS) is 12.2. The molecular weight excluding hydrogens is 218 g/mol. The van der Waals surface area contributed by atoms with Gasteiger partial charge < -0.3 is 16.2 Å². The predicted molar refractivity (Wildman–Crippen MR) is 57.7 cm³/mol. The number of aliphatic hydroxyl groups is 1. The fraction of sp³-hybridized carbons (Fsp3) is 0.333. The van der Waals surface area contributed by atoms with Gasteiger partial charge in [-0.05, 0) is 13.0 Å². The monoisotopic (exact) mass is 229 g/mol. The van der Waals surface area contributed by atoms with E-state index >= 15 is 0 Å². The predicted octanol–water partition coefficient (Wildman–Crippen LogP) is 0.428. The van der Waals surface area contributed by atoms with Crippen LogP contribution in [0.2, 0.25) is 5.15 Å². The molecule has 0 saturated heterocycles. The first kappa shape index (κ1) is 11.7. The molecule has 0 aliphatic heterocycles. The SMILES string of the molecule is CC(CO)NC(=O)c1cc(Cl)ncc1N. The molecule has 0 aromatic carbocycles. The highest BCUT2D eigenvalue weighted by Gasteiger charge is 2.12. The van der Waals surface area contributed by atoms with Gasteiger partial charge in [-0.2, -0.15) is 0 Å². The minimum Gasteiger partial charge on any atom is -0.397 e. The zero-order valence-electron chi connectivity index (χ0n) is 8.20. The summed E-state index contributed by atoms with van der Waals surface area (Å²) in [6.07, 6.45) is 1.32. The highest BCUT2D eigenvalue weighted by atomic mass is 35.5. The topological polar surface area (TPSA) is 88.2 Å². The molecule has 0 spiro atoms. The lowest BCUT2D eigenvalue weighted by molar-refractivity contribution is 0.0923. The van der Waals surface area contributed by atoms with Gasteiger partial charge in [-0.3, -0.25) is 4.79 Å². The number of hydrogen-bond donors (Lipinski definition) is 3. The van der Waals surface area contributed by atoms with Crippen LogP contribution in [0.25, 0.3) is 0 Å². The fourth-order valence-electron chi connectivity index (χ4n) is 0.984. The summed E-state index contributed by atoms with van der Waals surface area (Å²) < 4.78 is 0. The number of aromatic nitrogens is 1. The molecule has 1 atom stereocenters. The van der Waals surface area contributed by atoms with Crippen LogP contribution in [0, 0.1) is 0 Å². The summed E-state index contributed by atoms with van der Waals surface area (Å²) in [5.74, 6) is -0.377. The number of nitrogens with one attached hydrogen (secondary N) is 1. The van der Waals surface area contributed by atoms with E-state index in [1.807, 2.05) is 0 Å². The van der Waals surface area contributed by atoms with Crippen molar-refractivity contribution in [3.05, 3.63) is 23.0 Å². The van der Waals surface area contributed by atoms with Gasteiger partial charge >= 0.3 is 0 Å². The Labute approximate surface area is 92.3 Å². The van der Waals surface area contributed by atoms with Gasteiger partial charge in [0.25, 0.3) is 5.91 Å². The van der Waals surface area contributed by atoms with Crippen molar-refractivity contribution in [1.82, 2.24) is 10.3 Å². The summed E-state index contributed by atoms with van der Waals surface area (Å²) in [7, 11) is 0. The number of aliphatic hydroxyl groups excluding tert-OH is 1. The van der Waals surface area contributed by atoms with Crippen LogP contribution in [0.4, 0.5) is 5.69 Å². The van der Waals surface area contributed by atoms with E-state index in [1.165, 1.54) is 12.3 Å². The van der Waals surface area contributed by atoms with E-state index in [0.717, 1.165) is 0 Å². The Hall–Kier alpha value is -1.33. The van der Waals surface area contributed by atoms with E-state index in [0.29, 0.717) is 0 Å². The Morgan fingerprint density at radius 2 is 2.47 bits per heavy atom. The number of nitrogen functional groups attached to an aromatic ring is 1. The Kier molecular flexibility index (Phi) is 3.88. The lowest BCUT2D eigenvalue weighted by Gasteiger charge is -2.11. The zero-order valence-corrected chi connectivity index (χ0v) is 8.95. The fourth-order valence-corrected chi connectivity index (χ4v) is 1.14. The third-order valence-electron chi connectivity index (χ3n) is 1.80. The number of anilines is 1. The smallest absolute Gasteiger partial charge is 0.253 e. The number of pyridine rings is 1. The van der Waals surface area contributed by atoms with Crippen LogP contribution in [0.1, 0.15) is 17.3 Å². The van der Waals surface area contributed by atoms with Crippen LogP contribution in [-0.2, 0) is 0 Å². The quantitative estimate of drug-likeness (QED) is 0.656. The second-order valence-corrected chi connectivity index (χ2v) is 3.54. The number of halogens is 1. The summed E-state index contributed by atoms with van der Waals surface area (Å²) in [6, 6.07) is 1.06. The van der Waals surface area contributed by atoms with Gasteiger partial charge in [0.2, 0.25) is 0 Å². The molecule has 0 fully saturated rings. The first-order valence-corrected chi connectivity index (χ1v) is 4.75. The first-order chi connectivity index (χ1) is 7.04. The van der Waals surface area contributed by atoms with E-state index in [2.05, 4.69) is 10.3 Å². The number of nitrogens with two attached hydrogens (primary N) is 1. The molecule has 1 aromatic rings. The summed E-state index contributed by atoms with van der Waals surface area (Å²) in [6.45, 7) is 1.54. The molecule has 1 amide bonds. The number of carbonyl (C=O) groups excluding carboxylic acids is 1. The number of hydrogen-bond acceptors (Lipinski definition) is 4. The molecule has 0 radical (unpaired) electrons. The van der Waals surface area contributed by atoms with Crippen LogP contribution < -0.4 is 11.1 Å². The molecule has 0 aliphatic rings. The molecule has 4 N–H and O–H groups in total. The highest BCUT2D eigenvalue weighted by Crippen LogP contribution is 2.14. The number of rotatable bonds is 3. The van der Waals surface area contributed by atoms with E-state index < -0.39 is 0 Å². The molecule has 1 unspecified atom stereocenters. The molecule has 82 valence electrons. The Bertz CT molecular complexity index is 370. The van der Waals surface area contributed by atoms with E-state index in [9.17, 15) is 4.79 Å². The van der Waals surface area contributed by atoms with E-state index in [1.54, 1.807) is 6.92 Å². The van der Waals surface area contributed by atoms with Gasteiger partial charge in [0.05, 0.1) is 24.1 Å². The summed E-state index contributed by atoms with van der Waals surface area (Å²) in [5.41, 5.74) is 6.07. The minimum atomic E-state index is -0.377. The third-order valence-corrected chi connectivity index (χ3v) is 2.00. The molecule has 6 heteroatoms. The third kappa shape index (κ3) is 3.07. The van der Waals surface area contributed by atoms with Crippen LogP contribution in [-0.4, -0.2) is 28.6 Å². The van der Waals surface area contributed by atoms with Crippen molar-refractivity contribution < 1.29 is 9.90 Å². The number of carbonyl (C=O) groups is 1. The molecule has 0 aliphatic carbocycles. The van der Waals surface area contributed by atoms with Crippen LogP contribution >= 0.6 is 11.6 Å². The maximum atomic E-state index is 11.6. The second-order valence-electron chi connectivity index (χ2n) is 3.15. The second kappa shape index (κ2) is 4.95. The Morgan fingerprint density at radius 1 is 1.80 bits per heavy atom. The van der Waals surface area contributed by atoms with Crippen molar-refractivity contribution >= 4 is 23.2 Å². The molecule has 1 rings (SSSR count). The zero-order chi connectivity index (χ0) is 11.4. The molecule has 5 nitrogen and oxygen atoms in total. The van der Waals surface area contributed by atoms with E-state index in [4.69, 9.17) is 22.4 Å². The maximum absolute atomic E-state index is 11.6. The number of amides is 1. The summed E-state index contributed by atoms with van der Waals surface area (Å²) in [5, 5.41) is 11.5. The van der Waals surface area contributed by atoms with Crippen LogP contribution in [0.5, 0.6) is 0 Å². The van der Waals surface area contributed by atoms with Crippen LogP contribution in [0.15, 0.2) is 12.3 Å². The van der Waals surface area contributed by atoms with Gasteiger partial charge in [-0.25, -0.2) is 4.98 Å². The summed E-state index contributed by atoms with van der Waals surface area (Å²) >= 11 is 5.64. The Balaban J connectivity index is 2.86. The van der Waals surface area contributed by atoms with Gasteiger partial charge in [0, 0.05) is 6.04 Å². The lowest BCUT2D eigenvalue weighted by Crippen LogP contribution is -2.35. The molecule has 1 aromatic heterocycles. The lowest BCUT2D eigenvalue weighted by atomic mass is 10.2. The first-order valence-electron chi connectivity index (χ1n) is 4.37. The van der Waals surface area contributed by atoms with Crippen molar-refractivity contribution in [1.29, 1.82) is 0 Å². The molecule has 0 bridgehead atoms. The van der Waals surface area contributed by atoms with Gasteiger partial charge in [0.15, 0.2) is 0 Å². The summed E-state index contributed by atoms with van der Waals surface area (Å²) in [4.78, 5) is 15.3. The largest absolute Gasteiger partial charge is 0.397 e. The van der Waals surface area contributed by atoms with Gasteiger partial charge in [-0.15, -0.1) is 0 Å².